The van der Waals surface area contributed by atoms with Gasteiger partial charge in [0, 0.05) is 43.9 Å². The Morgan fingerprint density at radius 3 is 0.821 bits per heavy atom. The van der Waals surface area contributed by atoms with Crippen molar-refractivity contribution >= 4 is 32.3 Å². The summed E-state index contributed by atoms with van der Waals surface area (Å²) in [7, 11) is -4.10. The molecule has 0 amide bonds. The fourth-order valence-corrected chi connectivity index (χ4v) is 33.6. The third-order valence-corrected chi connectivity index (χ3v) is 27.3. The first-order chi connectivity index (χ1) is 11.4. The van der Waals surface area contributed by atoms with Crippen molar-refractivity contribution in [2.75, 3.05) is 11.6 Å². The van der Waals surface area contributed by atoms with Crippen molar-refractivity contribution in [3.05, 3.63) is 4.65 Å². The Balaban J connectivity index is 0. The first-order valence-electron chi connectivity index (χ1n) is 10.9. The average Bonchev–Trinajstić information content (AvgIpc) is 2.26. The van der Waals surface area contributed by atoms with E-state index in [1.165, 1.54) is 11.6 Å². The molecule has 0 saturated carbocycles. The molecule has 0 aromatic heterocycles. The number of hydrogen-bond acceptors (Lipinski definition) is 0. The smallest absolute Gasteiger partial charge is 0.0694 e. The zero-order chi connectivity index (χ0) is 22.3. The van der Waals surface area contributed by atoms with Gasteiger partial charge in [-0.2, -0.15) is 0 Å². The summed E-state index contributed by atoms with van der Waals surface area (Å²) in [6, 6.07) is 0. The Bertz CT molecular complexity index is 409. The molecule has 0 aromatic rings. The number of nitrogens with zero attached hydrogens (tertiary/aromatic N) is 1. The van der Waals surface area contributed by atoms with Gasteiger partial charge in [-0.05, 0) is 99.6 Å². The molecule has 0 unspecified atom stereocenters. The van der Waals surface area contributed by atoms with Crippen LogP contribution in [-0.2, 0) is 16.5 Å². The quantitative estimate of drug-likeness (QED) is 0.252. The molecule has 0 spiro atoms. The third-order valence-electron chi connectivity index (χ3n) is 5.45. The van der Waals surface area contributed by atoms with Crippen LogP contribution in [0.25, 0.3) is 4.65 Å². The van der Waals surface area contributed by atoms with Crippen LogP contribution in [0.5, 0.6) is 0 Å². The molecule has 0 rings (SSSR count). The summed E-state index contributed by atoms with van der Waals surface area (Å²) < 4.78 is 5.80. The molecule has 0 heterocycles. The van der Waals surface area contributed by atoms with Gasteiger partial charge in [-0.15, -0.1) is 0 Å². The molecule has 0 aromatic carbocycles. The van der Waals surface area contributed by atoms with Gasteiger partial charge < -0.3 is 4.65 Å². The minimum atomic E-state index is -1.56. The molecule has 0 radical (unpaired) electrons. The fraction of sp³-hybridized carbons (Fsp3) is 1.00. The maximum Gasteiger partial charge on any atom is 0.0694 e. The van der Waals surface area contributed by atoms with Crippen LogP contribution in [0, 0.1) is 0 Å². The van der Waals surface area contributed by atoms with E-state index in [9.17, 15) is 0 Å². The Morgan fingerprint density at radius 1 is 0.500 bits per heavy atom. The summed E-state index contributed by atoms with van der Waals surface area (Å²) in [5.74, 6) is 2.85. The molecule has 6 heteroatoms. The minimum absolute atomic E-state index is 0. The molecule has 0 aliphatic heterocycles. The van der Waals surface area contributed by atoms with Crippen molar-refractivity contribution < 1.29 is 16.5 Å². The van der Waals surface area contributed by atoms with E-state index in [0.717, 1.165) is 0 Å². The van der Waals surface area contributed by atoms with Crippen molar-refractivity contribution in [2.45, 2.75) is 130 Å². The van der Waals surface area contributed by atoms with Crippen LogP contribution in [0.3, 0.4) is 0 Å². The van der Waals surface area contributed by atoms with Gasteiger partial charge in [0.25, 0.3) is 0 Å². The second-order valence-corrected chi connectivity index (χ2v) is 32.9. The zero-order valence-corrected chi connectivity index (χ0v) is 27.2. The van der Waals surface area contributed by atoms with Gasteiger partial charge in [0.2, 0.25) is 0 Å². The molecule has 0 bridgehead atoms. The topological polar surface area (TPSA) is 14.1 Å². The Hall–Kier alpha value is 1.75. The predicted molar refractivity (Wildman–Crippen MR) is 144 cm³/mol. The largest absolute Gasteiger partial charge is 0.661 e. The van der Waals surface area contributed by atoms with Crippen LogP contribution < -0.4 is 0 Å². The second-order valence-electron chi connectivity index (χ2n) is 14.0. The standard InChI is InChI=1S/C22H52NP2Si2.Ni/c1-19(2,3)24(20(4,5)6)17-26(13,14)23-27(15,16)18-25(21(7,8)9)22(10,11)12;/h17-18H2,1-16H3;/q-1;/p+2. The van der Waals surface area contributed by atoms with Crippen molar-refractivity contribution in [2.24, 2.45) is 0 Å². The van der Waals surface area contributed by atoms with Gasteiger partial charge in [-0.3, -0.25) is 0 Å². The maximum atomic E-state index is 5.80. The summed E-state index contributed by atoms with van der Waals surface area (Å²) in [6.07, 6.45) is 0. The van der Waals surface area contributed by atoms with Gasteiger partial charge in [0.15, 0.2) is 0 Å². The number of rotatable bonds is 6. The molecule has 0 fully saturated rings. The number of hydrogen-bond donors (Lipinski definition) is 0. The van der Waals surface area contributed by atoms with E-state index >= 15 is 0 Å². The van der Waals surface area contributed by atoms with Crippen LogP contribution >= 0.6 is 15.8 Å². The van der Waals surface area contributed by atoms with Crippen LogP contribution in [0.4, 0.5) is 0 Å². The van der Waals surface area contributed by atoms with Crippen molar-refractivity contribution in [3.8, 4) is 0 Å². The molecular formula is C22H54NNiP2Si2+. The Labute approximate surface area is 194 Å². The minimum Gasteiger partial charge on any atom is -0.661 e. The van der Waals surface area contributed by atoms with Crippen LogP contribution in [0.2, 0.25) is 26.2 Å². The molecule has 28 heavy (non-hydrogen) atoms. The second kappa shape index (κ2) is 10.1. The molecule has 174 valence electrons. The van der Waals surface area contributed by atoms with Crippen molar-refractivity contribution in [1.82, 2.24) is 0 Å². The fourth-order valence-electron chi connectivity index (χ4n) is 5.07. The summed E-state index contributed by atoms with van der Waals surface area (Å²) >= 11 is 0. The summed E-state index contributed by atoms with van der Waals surface area (Å²) in [5, 5.41) is 1.78. The van der Waals surface area contributed by atoms with E-state index in [1.807, 2.05) is 0 Å². The Morgan fingerprint density at radius 2 is 0.679 bits per heavy atom. The molecule has 0 aliphatic rings. The first-order valence-corrected chi connectivity index (χ1v) is 20.6. The molecule has 0 atom stereocenters. The third kappa shape index (κ3) is 11.4. The van der Waals surface area contributed by atoms with Crippen LogP contribution in [0.15, 0.2) is 0 Å². The van der Waals surface area contributed by atoms with Gasteiger partial charge in [0.05, 0.1) is 20.6 Å². The van der Waals surface area contributed by atoms with E-state index in [4.69, 9.17) is 4.65 Å². The maximum absolute atomic E-state index is 5.80. The monoisotopic (exact) mass is 508 g/mol. The van der Waals surface area contributed by atoms with Crippen molar-refractivity contribution in [3.63, 3.8) is 0 Å². The Kier molecular flexibility index (Phi) is 11.5. The van der Waals surface area contributed by atoms with E-state index < -0.39 is 32.3 Å². The van der Waals surface area contributed by atoms with E-state index in [0.29, 0.717) is 20.6 Å². The average molecular weight is 509 g/mol. The van der Waals surface area contributed by atoms with E-state index in [-0.39, 0.29) is 16.5 Å². The summed E-state index contributed by atoms with van der Waals surface area (Å²) in [5.41, 5.74) is 0. The SMILES string of the molecule is CC(C)(C)[PH+](C[Si](C)(C)[N-][Si](C)(C)C[PH+](C(C)(C)C)C(C)(C)C)C(C)(C)C.[Ni]. The molecular weight excluding hydrogens is 455 g/mol. The summed E-state index contributed by atoms with van der Waals surface area (Å²) in [4.78, 5) is 0. The zero-order valence-electron chi connectivity index (χ0n) is 22.2. The van der Waals surface area contributed by atoms with Gasteiger partial charge in [-0.1, -0.05) is 26.2 Å². The van der Waals surface area contributed by atoms with Gasteiger partial charge >= 0.3 is 0 Å². The molecule has 0 saturated heterocycles. The van der Waals surface area contributed by atoms with Crippen LogP contribution in [-0.4, -0.2) is 48.7 Å². The van der Waals surface area contributed by atoms with Gasteiger partial charge in [0.1, 0.15) is 0 Å². The van der Waals surface area contributed by atoms with E-state index in [1.54, 1.807) is 0 Å². The van der Waals surface area contributed by atoms with Crippen LogP contribution in [0.1, 0.15) is 83.1 Å². The normalized spacial score (nSPS) is 15.2. The molecule has 1 nitrogen and oxygen atoms in total. The molecule has 0 N–H and O–H groups in total. The van der Waals surface area contributed by atoms with E-state index in [2.05, 4.69) is 109 Å². The summed E-state index contributed by atoms with van der Waals surface area (Å²) in [6.45, 7) is 39.9. The first kappa shape index (κ1) is 31.9. The predicted octanol–water partition coefficient (Wildman–Crippen LogP) is 8.47. The molecule has 0 aliphatic carbocycles. The van der Waals surface area contributed by atoms with Crippen molar-refractivity contribution in [1.29, 1.82) is 0 Å². The van der Waals surface area contributed by atoms with Gasteiger partial charge in [-0.25, -0.2) is 0 Å².